The molecule has 0 saturated carbocycles. The van der Waals surface area contributed by atoms with Crippen molar-refractivity contribution in [2.24, 2.45) is 23.0 Å². The van der Waals surface area contributed by atoms with E-state index in [-0.39, 0.29) is 133 Å². The van der Waals surface area contributed by atoms with Gasteiger partial charge in [-0.3, -0.25) is 28.8 Å². The van der Waals surface area contributed by atoms with Gasteiger partial charge in [-0.05, 0) is 57.8 Å². The maximum atomic E-state index is 12.6. The molecule has 0 bridgehead atoms. The highest BCUT2D eigenvalue weighted by Gasteiger charge is 2.45. The lowest BCUT2D eigenvalue weighted by atomic mass is 9.92. The molecule has 0 spiro atoms. The molecule has 0 aliphatic carbocycles. The van der Waals surface area contributed by atoms with Crippen molar-refractivity contribution in [1.29, 1.82) is 0 Å². The summed E-state index contributed by atoms with van der Waals surface area (Å²) in [5.74, 6) is -2.26. The number of aliphatic hydroxyl groups excluding tert-OH is 9. The summed E-state index contributed by atoms with van der Waals surface area (Å²) in [5.41, 5.74) is 5.13. The molecule has 3 rings (SSSR count). The van der Waals surface area contributed by atoms with Gasteiger partial charge in [0.15, 0.2) is 18.9 Å². The average molecular weight is 1290 g/mol. The van der Waals surface area contributed by atoms with Crippen LogP contribution in [0.3, 0.4) is 0 Å². The highest BCUT2D eigenvalue weighted by molar-refractivity contribution is 5.78. The standard InChI is InChI=1S/C58H107N7O24/c1-37-49(75)51(77)39(31-66)87-55(37)84-25-7-4-13-42(69)60-19-10-22-63-45(72)16-28-81-34-58(3,35-82-29-17-46(73)64-23-11-20-61-43(70)14-5-8-26-85-56-38(2)50(76)52(78)40(32-67)88-56)36-83-30-18-47(74)65-24-12-21-62-44(71)15-6-9-27-86-57-48(59)54(80)53(79)41(33-68)89-57/h37-41,48-57,66-68,75-80H,4-36,59H2,1-3H3,(H,60,69)(H,61,70)(H,62,71)(H,63,72)(H,64,73)(H,65,74)/t37-,38-,39?,40?,41?,48-,49?,50?,51-,52-,53-,54?,55+,56+,57+,58?/m0/s1. The van der Waals surface area contributed by atoms with Gasteiger partial charge < -0.3 is 126 Å². The van der Waals surface area contributed by atoms with Gasteiger partial charge in [-0.25, -0.2) is 0 Å². The third-order valence-corrected chi connectivity index (χ3v) is 15.3. The van der Waals surface area contributed by atoms with Crippen LogP contribution in [0.5, 0.6) is 0 Å². The smallest absolute Gasteiger partial charge is 0.222 e. The lowest BCUT2D eigenvalue weighted by Gasteiger charge is -2.40. The number of hydrogen-bond donors (Lipinski definition) is 16. The lowest BCUT2D eigenvalue weighted by molar-refractivity contribution is -0.282. The predicted molar refractivity (Wildman–Crippen MR) is 315 cm³/mol. The van der Waals surface area contributed by atoms with E-state index in [2.05, 4.69) is 31.9 Å². The zero-order valence-corrected chi connectivity index (χ0v) is 52.2. The molecule has 3 aliphatic rings. The molecular formula is C58H107N7O24. The fourth-order valence-corrected chi connectivity index (χ4v) is 9.57. The van der Waals surface area contributed by atoms with Crippen molar-refractivity contribution in [3.05, 3.63) is 0 Å². The average Bonchev–Trinajstić information content (AvgIpc) is 3.42. The van der Waals surface area contributed by atoms with Crippen LogP contribution in [0.1, 0.15) is 117 Å². The van der Waals surface area contributed by atoms with Crippen molar-refractivity contribution in [1.82, 2.24) is 31.9 Å². The van der Waals surface area contributed by atoms with Crippen LogP contribution in [0.15, 0.2) is 0 Å². The minimum atomic E-state index is -1.34. The van der Waals surface area contributed by atoms with Crippen molar-refractivity contribution < 1.29 is 117 Å². The molecule has 0 aromatic rings. The van der Waals surface area contributed by atoms with Crippen LogP contribution >= 0.6 is 0 Å². The van der Waals surface area contributed by atoms with Crippen LogP contribution < -0.4 is 37.6 Å². The van der Waals surface area contributed by atoms with Crippen LogP contribution in [0.2, 0.25) is 0 Å². The van der Waals surface area contributed by atoms with Gasteiger partial charge >= 0.3 is 0 Å². The maximum Gasteiger partial charge on any atom is 0.222 e. The van der Waals surface area contributed by atoms with E-state index in [9.17, 15) is 74.7 Å². The van der Waals surface area contributed by atoms with Gasteiger partial charge in [0.05, 0.1) is 77.7 Å². The normalized spacial score (nSPS) is 27.7. The first kappa shape index (κ1) is 79.3. The zero-order valence-electron chi connectivity index (χ0n) is 52.2. The van der Waals surface area contributed by atoms with Gasteiger partial charge in [-0.15, -0.1) is 0 Å². The number of unbranched alkanes of at least 4 members (excludes halogenated alkanes) is 3. The summed E-state index contributed by atoms with van der Waals surface area (Å²) >= 11 is 0. The number of rotatable bonds is 48. The van der Waals surface area contributed by atoms with E-state index in [4.69, 9.17) is 48.4 Å². The van der Waals surface area contributed by atoms with Crippen molar-refractivity contribution in [2.75, 3.05) is 119 Å². The van der Waals surface area contributed by atoms with Crippen molar-refractivity contribution >= 4 is 35.4 Å². The monoisotopic (exact) mass is 1290 g/mol. The van der Waals surface area contributed by atoms with Crippen molar-refractivity contribution in [3.63, 3.8) is 0 Å². The summed E-state index contributed by atoms with van der Waals surface area (Å²) in [6.45, 7) is 7.05. The first-order valence-corrected chi connectivity index (χ1v) is 31.5. The number of nitrogens with two attached hydrogens (primary N) is 1. The minimum Gasteiger partial charge on any atom is -0.394 e. The molecule has 3 saturated heterocycles. The molecule has 3 fully saturated rings. The topological polar surface area (TPSA) is 466 Å². The van der Waals surface area contributed by atoms with Crippen LogP contribution in [0, 0.1) is 17.3 Å². The maximum absolute atomic E-state index is 12.6. The number of carbonyl (C=O) groups excluding carboxylic acids is 6. The second-order valence-electron chi connectivity index (χ2n) is 23.3. The zero-order chi connectivity index (χ0) is 65.6. The second kappa shape index (κ2) is 45.4. The summed E-state index contributed by atoms with van der Waals surface area (Å²) in [4.78, 5) is 74.9. The summed E-state index contributed by atoms with van der Waals surface area (Å²) in [5, 5.41) is 105. The Balaban J connectivity index is 1.29. The SMILES string of the molecule is C[C@H]1C(O)[C@@H](O)C(CO)O[C@H]1OCCCCC(=O)NCCCNC(=O)CCOCC(C)(COCCC(=O)NCCCNC(=O)CCCCO[C@@H]1OC(CO)[C@H](O)C(O)[C@@H]1C)COCCC(=O)NCCCNC(=O)CCCCO[C@@H]1OC(CO)[C@H](O)C(O)[C@@H]1N. The molecule has 17 N–H and O–H groups in total. The molecule has 518 valence electrons. The van der Waals surface area contributed by atoms with E-state index in [1.54, 1.807) is 13.8 Å². The predicted octanol–water partition coefficient (Wildman–Crippen LogP) is -4.44. The number of nitrogens with one attached hydrogen (secondary N) is 6. The highest BCUT2D eigenvalue weighted by Crippen LogP contribution is 2.29. The van der Waals surface area contributed by atoms with Gasteiger partial charge in [0.1, 0.15) is 42.7 Å². The van der Waals surface area contributed by atoms with Crippen molar-refractivity contribution in [3.8, 4) is 0 Å². The van der Waals surface area contributed by atoms with E-state index < -0.39 is 117 Å². The second-order valence-corrected chi connectivity index (χ2v) is 23.3. The fourth-order valence-electron chi connectivity index (χ4n) is 9.57. The Morgan fingerprint density at radius 2 is 0.652 bits per heavy atom. The van der Waals surface area contributed by atoms with E-state index in [1.807, 2.05) is 6.92 Å². The molecule has 15 atom stereocenters. The first-order chi connectivity index (χ1) is 42.6. The third-order valence-electron chi connectivity index (χ3n) is 15.3. The van der Waals surface area contributed by atoms with Gasteiger partial charge in [0.2, 0.25) is 35.4 Å². The summed E-state index contributed by atoms with van der Waals surface area (Å²) in [6, 6.07) is -1.00. The van der Waals surface area contributed by atoms with Crippen LogP contribution in [0.4, 0.5) is 0 Å². The summed E-state index contributed by atoms with van der Waals surface area (Å²) in [7, 11) is 0. The molecule has 6 amide bonds. The number of ether oxygens (including phenoxy) is 9. The summed E-state index contributed by atoms with van der Waals surface area (Å²) in [6.07, 6.45) is -7.28. The van der Waals surface area contributed by atoms with Gasteiger partial charge in [-0.2, -0.15) is 0 Å². The minimum absolute atomic E-state index is 0.0517. The largest absolute Gasteiger partial charge is 0.394 e. The van der Waals surface area contributed by atoms with Crippen molar-refractivity contribution in [2.45, 2.75) is 197 Å². The fraction of sp³-hybridized carbons (Fsp3) is 0.897. The Kier molecular flexibility index (Phi) is 40.4. The number of hydrogen-bond acceptors (Lipinski definition) is 25. The lowest BCUT2D eigenvalue weighted by Crippen LogP contribution is -2.62. The molecule has 31 nitrogen and oxygen atoms in total. The first-order valence-electron chi connectivity index (χ1n) is 31.5. The highest BCUT2D eigenvalue weighted by atomic mass is 16.7. The number of carbonyl (C=O) groups is 6. The number of aliphatic hydroxyl groups is 9. The van der Waals surface area contributed by atoms with Gasteiger partial charge in [0, 0.05) is 115 Å². The molecule has 6 unspecified atom stereocenters. The molecule has 0 aromatic carbocycles. The van der Waals surface area contributed by atoms with E-state index in [0.717, 1.165) is 0 Å². The van der Waals surface area contributed by atoms with Gasteiger partial charge in [0.25, 0.3) is 0 Å². The molecule has 31 heteroatoms. The Morgan fingerprint density at radius 1 is 0.382 bits per heavy atom. The molecule has 89 heavy (non-hydrogen) atoms. The van der Waals surface area contributed by atoms with Gasteiger partial charge in [-0.1, -0.05) is 20.8 Å². The number of amides is 6. The third kappa shape index (κ3) is 31.5. The van der Waals surface area contributed by atoms with E-state index in [0.29, 0.717) is 97.1 Å². The van der Waals surface area contributed by atoms with Crippen LogP contribution in [0.25, 0.3) is 0 Å². The quantitative estimate of drug-likeness (QED) is 0.0256. The molecule has 0 radical (unpaired) electrons. The Morgan fingerprint density at radius 3 is 0.955 bits per heavy atom. The van der Waals surface area contributed by atoms with Crippen LogP contribution in [-0.4, -0.2) is 280 Å². The molecule has 3 heterocycles. The van der Waals surface area contributed by atoms with E-state index in [1.165, 1.54) is 0 Å². The molecular weight excluding hydrogens is 1180 g/mol. The Bertz CT molecular complexity index is 1770. The molecule has 0 aromatic heterocycles. The molecule has 3 aliphatic heterocycles. The summed E-state index contributed by atoms with van der Waals surface area (Å²) < 4.78 is 51.2. The van der Waals surface area contributed by atoms with Crippen LogP contribution in [-0.2, 0) is 71.4 Å². The Labute approximate surface area is 521 Å². The van der Waals surface area contributed by atoms with E-state index >= 15 is 0 Å². The Hall–Kier alpha value is -3.94.